The number of aromatic nitrogens is 1. The lowest BCUT2D eigenvalue weighted by atomic mass is 10.1. The van der Waals surface area contributed by atoms with E-state index in [9.17, 15) is 22.4 Å². The highest BCUT2D eigenvalue weighted by Crippen LogP contribution is 2.28. The molecule has 0 unspecified atom stereocenters. The number of alkyl halides is 3. The van der Waals surface area contributed by atoms with E-state index < -0.39 is 23.2 Å². The van der Waals surface area contributed by atoms with Crippen LogP contribution in [-0.4, -0.2) is 4.57 Å². The maximum Gasteiger partial charge on any atom is 0.431 e. The van der Waals surface area contributed by atoms with Crippen LogP contribution < -0.4 is 11.3 Å². The highest BCUT2D eigenvalue weighted by atomic mass is 19.4. The fraction of sp³-hybridized carbons (Fsp3) is 0.214. The Bertz CT molecular complexity index is 707. The van der Waals surface area contributed by atoms with E-state index in [1.165, 1.54) is 12.1 Å². The van der Waals surface area contributed by atoms with Gasteiger partial charge in [-0.25, -0.2) is 4.39 Å². The number of hydrogen-bond donors (Lipinski definition) is 1. The van der Waals surface area contributed by atoms with Crippen molar-refractivity contribution in [2.75, 3.05) is 0 Å². The second kappa shape index (κ2) is 5.69. The Labute approximate surface area is 117 Å². The summed E-state index contributed by atoms with van der Waals surface area (Å²) in [4.78, 5) is 11.7. The lowest BCUT2D eigenvalue weighted by molar-refractivity contribution is -0.144. The molecule has 2 rings (SSSR count). The molecule has 0 saturated carbocycles. The Morgan fingerprint density at radius 3 is 2.38 bits per heavy atom. The Balaban J connectivity index is 2.49. The SMILES string of the molecule is NCc1cc(F)cc(Cn2c(C(F)(F)F)cccc2=O)c1. The first-order valence-electron chi connectivity index (χ1n) is 6.06. The van der Waals surface area contributed by atoms with Gasteiger partial charge in [0, 0.05) is 12.6 Å². The number of rotatable bonds is 3. The highest BCUT2D eigenvalue weighted by molar-refractivity contribution is 5.25. The summed E-state index contributed by atoms with van der Waals surface area (Å²) in [5.41, 5.74) is 4.21. The second-order valence-electron chi connectivity index (χ2n) is 4.51. The van der Waals surface area contributed by atoms with Crippen LogP contribution >= 0.6 is 0 Å². The zero-order chi connectivity index (χ0) is 15.6. The van der Waals surface area contributed by atoms with Gasteiger partial charge < -0.3 is 5.73 Å². The standard InChI is InChI=1S/C14H12F4N2O/c15-11-5-9(7-19)4-10(6-11)8-20-12(14(16,17)18)2-1-3-13(20)21/h1-6H,7-8,19H2. The van der Waals surface area contributed by atoms with Crippen molar-refractivity contribution in [2.24, 2.45) is 5.73 Å². The van der Waals surface area contributed by atoms with Crippen LogP contribution in [0.4, 0.5) is 17.6 Å². The summed E-state index contributed by atoms with van der Waals surface area (Å²) < 4.78 is 52.7. The zero-order valence-corrected chi connectivity index (χ0v) is 10.8. The van der Waals surface area contributed by atoms with Crippen molar-refractivity contribution in [3.8, 4) is 0 Å². The molecule has 1 aromatic heterocycles. The maximum atomic E-state index is 13.4. The molecule has 112 valence electrons. The molecule has 1 heterocycles. The van der Waals surface area contributed by atoms with Crippen LogP contribution in [0.15, 0.2) is 41.2 Å². The largest absolute Gasteiger partial charge is 0.431 e. The Kier molecular flexibility index (Phi) is 4.13. The first kappa shape index (κ1) is 15.2. The van der Waals surface area contributed by atoms with Gasteiger partial charge in [-0.3, -0.25) is 9.36 Å². The third-order valence-electron chi connectivity index (χ3n) is 2.93. The summed E-state index contributed by atoms with van der Waals surface area (Å²) in [5, 5.41) is 0. The van der Waals surface area contributed by atoms with Gasteiger partial charge in [0.05, 0.1) is 6.54 Å². The zero-order valence-electron chi connectivity index (χ0n) is 10.8. The topological polar surface area (TPSA) is 48.0 Å². The van der Waals surface area contributed by atoms with Crippen LogP contribution in [-0.2, 0) is 19.3 Å². The molecule has 0 fully saturated rings. The Hall–Kier alpha value is -2.15. The van der Waals surface area contributed by atoms with Crippen molar-refractivity contribution in [3.05, 3.63) is 69.4 Å². The molecular formula is C14H12F4N2O. The van der Waals surface area contributed by atoms with E-state index in [2.05, 4.69) is 0 Å². The van der Waals surface area contributed by atoms with E-state index in [1.807, 2.05) is 0 Å². The quantitative estimate of drug-likeness (QED) is 0.885. The number of pyridine rings is 1. The molecule has 3 nitrogen and oxygen atoms in total. The average molecular weight is 300 g/mol. The van der Waals surface area contributed by atoms with E-state index in [-0.39, 0.29) is 18.7 Å². The van der Waals surface area contributed by atoms with E-state index in [0.717, 1.165) is 24.3 Å². The van der Waals surface area contributed by atoms with Crippen molar-refractivity contribution in [2.45, 2.75) is 19.3 Å². The number of halogens is 4. The van der Waals surface area contributed by atoms with Gasteiger partial charge in [-0.1, -0.05) is 12.1 Å². The van der Waals surface area contributed by atoms with Gasteiger partial charge in [-0.2, -0.15) is 13.2 Å². The number of benzene rings is 1. The first-order chi connectivity index (χ1) is 9.81. The third-order valence-corrected chi connectivity index (χ3v) is 2.93. The molecule has 0 aliphatic rings. The van der Waals surface area contributed by atoms with Gasteiger partial charge in [-0.15, -0.1) is 0 Å². The van der Waals surface area contributed by atoms with Gasteiger partial charge in [-0.05, 0) is 29.3 Å². The second-order valence-corrected chi connectivity index (χ2v) is 4.51. The molecule has 0 amide bonds. The lowest BCUT2D eigenvalue weighted by Crippen LogP contribution is -2.27. The molecule has 0 spiro atoms. The lowest BCUT2D eigenvalue weighted by Gasteiger charge is -2.15. The smallest absolute Gasteiger partial charge is 0.326 e. The number of hydrogen-bond acceptors (Lipinski definition) is 2. The molecule has 1 aromatic carbocycles. The molecule has 0 aliphatic carbocycles. The minimum absolute atomic E-state index is 0.0561. The van der Waals surface area contributed by atoms with Gasteiger partial charge in [0.1, 0.15) is 11.5 Å². The molecule has 21 heavy (non-hydrogen) atoms. The van der Waals surface area contributed by atoms with Crippen molar-refractivity contribution in [3.63, 3.8) is 0 Å². The van der Waals surface area contributed by atoms with Gasteiger partial charge in [0.2, 0.25) is 0 Å². The molecule has 7 heteroatoms. The molecule has 2 aromatic rings. The maximum absolute atomic E-state index is 13.4. The van der Waals surface area contributed by atoms with E-state index in [0.29, 0.717) is 10.1 Å². The minimum atomic E-state index is -4.66. The normalized spacial score (nSPS) is 11.7. The third kappa shape index (κ3) is 3.49. The fourth-order valence-electron chi connectivity index (χ4n) is 2.04. The van der Waals surface area contributed by atoms with Crippen molar-refractivity contribution in [1.82, 2.24) is 4.57 Å². The predicted molar refractivity (Wildman–Crippen MR) is 69.1 cm³/mol. The van der Waals surface area contributed by atoms with Gasteiger partial charge in [0.15, 0.2) is 0 Å². The number of nitrogens with two attached hydrogens (primary N) is 1. The molecule has 2 N–H and O–H groups in total. The Morgan fingerprint density at radius 2 is 1.76 bits per heavy atom. The van der Waals surface area contributed by atoms with Crippen LogP contribution in [0.25, 0.3) is 0 Å². The summed E-state index contributed by atoms with van der Waals surface area (Å²) in [5.74, 6) is -0.606. The first-order valence-corrected chi connectivity index (χ1v) is 6.06. The summed E-state index contributed by atoms with van der Waals surface area (Å²) in [7, 11) is 0. The Morgan fingerprint density at radius 1 is 1.10 bits per heavy atom. The summed E-state index contributed by atoms with van der Waals surface area (Å²) >= 11 is 0. The molecular weight excluding hydrogens is 288 g/mol. The van der Waals surface area contributed by atoms with Crippen LogP contribution in [0.2, 0.25) is 0 Å². The monoisotopic (exact) mass is 300 g/mol. The summed E-state index contributed by atoms with van der Waals surface area (Å²) in [6.45, 7) is -0.320. The van der Waals surface area contributed by atoms with Crippen molar-refractivity contribution < 1.29 is 17.6 Å². The van der Waals surface area contributed by atoms with E-state index in [1.54, 1.807) is 0 Å². The van der Waals surface area contributed by atoms with E-state index >= 15 is 0 Å². The van der Waals surface area contributed by atoms with E-state index in [4.69, 9.17) is 5.73 Å². The molecule has 0 atom stereocenters. The van der Waals surface area contributed by atoms with Crippen LogP contribution in [0, 0.1) is 5.82 Å². The van der Waals surface area contributed by atoms with Crippen LogP contribution in [0.5, 0.6) is 0 Å². The van der Waals surface area contributed by atoms with Gasteiger partial charge >= 0.3 is 6.18 Å². The van der Waals surface area contributed by atoms with Crippen molar-refractivity contribution >= 4 is 0 Å². The molecule has 0 radical (unpaired) electrons. The summed E-state index contributed by atoms with van der Waals surface area (Å²) in [6.07, 6.45) is -4.66. The molecule has 0 aliphatic heterocycles. The number of nitrogens with zero attached hydrogens (tertiary/aromatic N) is 1. The highest BCUT2D eigenvalue weighted by Gasteiger charge is 2.34. The summed E-state index contributed by atoms with van der Waals surface area (Å²) in [6, 6.07) is 6.63. The predicted octanol–water partition coefficient (Wildman–Crippen LogP) is 2.51. The fourth-order valence-corrected chi connectivity index (χ4v) is 2.04. The molecule has 0 bridgehead atoms. The van der Waals surface area contributed by atoms with Crippen LogP contribution in [0.1, 0.15) is 16.8 Å². The minimum Gasteiger partial charge on any atom is -0.326 e. The van der Waals surface area contributed by atoms with Crippen LogP contribution in [0.3, 0.4) is 0 Å². The van der Waals surface area contributed by atoms with Crippen molar-refractivity contribution in [1.29, 1.82) is 0 Å². The average Bonchev–Trinajstić information content (AvgIpc) is 2.39. The molecule has 0 saturated heterocycles. The van der Waals surface area contributed by atoms with Gasteiger partial charge in [0.25, 0.3) is 5.56 Å².